The van der Waals surface area contributed by atoms with E-state index in [4.69, 9.17) is 0 Å². The van der Waals surface area contributed by atoms with Gasteiger partial charge in [-0.05, 0) is 43.0 Å². The molecule has 0 aliphatic carbocycles. The number of carbonyl (C=O) groups is 1. The Kier molecular flexibility index (Phi) is 4.50. The Morgan fingerprint density at radius 2 is 2.16 bits per heavy atom. The molecule has 5 heteroatoms. The fourth-order valence-corrected chi connectivity index (χ4v) is 2.53. The monoisotopic (exact) mass is 336 g/mol. The van der Waals surface area contributed by atoms with E-state index in [1.807, 2.05) is 37.4 Å². The quantitative estimate of drug-likeness (QED) is 0.668. The summed E-state index contributed by atoms with van der Waals surface area (Å²) in [4.78, 5) is 13.0. The van der Waals surface area contributed by atoms with E-state index in [2.05, 4.69) is 26.5 Å². The zero-order valence-corrected chi connectivity index (χ0v) is 13.0. The van der Waals surface area contributed by atoms with Crippen LogP contribution in [0.3, 0.4) is 0 Å². The largest absolute Gasteiger partial charge is 0.271 e. The number of hydrazone groups is 1. The van der Waals surface area contributed by atoms with E-state index in [-0.39, 0.29) is 5.91 Å². The average molecular weight is 337 g/mol. The number of nitrogens with one attached hydrogen (secondary N) is 1. The normalized spacial score (nSPS) is 11.4. The minimum absolute atomic E-state index is 0.211. The SMILES string of the molecule is CC(=NNC(=O)c1ccc(C)c(Br)c1)c1cccs1. The molecule has 1 aromatic carbocycles. The summed E-state index contributed by atoms with van der Waals surface area (Å²) in [5, 5.41) is 6.09. The molecule has 0 bridgehead atoms. The second-order valence-corrected chi connectivity index (χ2v) is 5.88. The van der Waals surface area contributed by atoms with Gasteiger partial charge in [0.25, 0.3) is 5.91 Å². The highest BCUT2D eigenvalue weighted by Gasteiger charge is 2.06. The van der Waals surface area contributed by atoms with Crippen LogP contribution in [-0.4, -0.2) is 11.6 Å². The van der Waals surface area contributed by atoms with Crippen LogP contribution in [0.5, 0.6) is 0 Å². The van der Waals surface area contributed by atoms with Crippen LogP contribution in [0, 0.1) is 6.92 Å². The number of thiophene rings is 1. The Morgan fingerprint density at radius 1 is 1.37 bits per heavy atom. The second kappa shape index (κ2) is 6.12. The van der Waals surface area contributed by atoms with Crippen molar-refractivity contribution in [2.24, 2.45) is 5.10 Å². The summed E-state index contributed by atoms with van der Waals surface area (Å²) in [6.45, 7) is 3.85. The van der Waals surface area contributed by atoms with Crippen LogP contribution in [0.1, 0.15) is 27.7 Å². The first-order valence-corrected chi connectivity index (χ1v) is 7.40. The van der Waals surface area contributed by atoms with Crippen molar-refractivity contribution in [1.82, 2.24) is 5.43 Å². The molecule has 98 valence electrons. The third-order valence-electron chi connectivity index (χ3n) is 2.64. The molecule has 1 heterocycles. The van der Waals surface area contributed by atoms with Crippen LogP contribution in [0.25, 0.3) is 0 Å². The Balaban J connectivity index is 2.09. The molecule has 0 unspecified atom stereocenters. The fourth-order valence-electron chi connectivity index (χ4n) is 1.47. The van der Waals surface area contributed by atoms with Crippen LogP contribution in [-0.2, 0) is 0 Å². The second-order valence-electron chi connectivity index (χ2n) is 4.08. The van der Waals surface area contributed by atoms with Gasteiger partial charge in [-0.15, -0.1) is 11.3 Å². The van der Waals surface area contributed by atoms with Crippen molar-refractivity contribution < 1.29 is 4.79 Å². The predicted molar refractivity (Wildman–Crippen MR) is 82.9 cm³/mol. The average Bonchev–Trinajstić information content (AvgIpc) is 2.92. The van der Waals surface area contributed by atoms with Gasteiger partial charge in [0.1, 0.15) is 0 Å². The number of hydrogen-bond acceptors (Lipinski definition) is 3. The first kappa shape index (κ1) is 14.0. The molecule has 1 aromatic heterocycles. The van der Waals surface area contributed by atoms with Crippen LogP contribution in [0.2, 0.25) is 0 Å². The fraction of sp³-hybridized carbons (Fsp3) is 0.143. The van der Waals surface area contributed by atoms with Gasteiger partial charge in [0, 0.05) is 14.9 Å². The Labute approximate surface area is 124 Å². The Hall–Kier alpha value is -1.46. The summed E-state index contributed by atoms with van der Waals surface area (Å²) < 4.78 is 0.916. The first-order valence-electron chi connectivity index (χ1n) is 5.72. The lowest BCUT2D eigenvalue weighted by molar-refractivity contribution is 0.0955. The van der Waals surface area contributed by atoms with E-state index in [9.17, 15) is 4.79 Å². The lowest BCUT2D eigenvalue weighted by atomic mass is 10.1. The van der Waals surface area contributed by atoms with Gasteiger partial charge in [-0.2, -0.15) is 5.10 Å². The van der Waals surface area contributed by atoms with Crippen molar-refractivity contribution in [1.29, 1.82) is 0 Å². The minimum Gasteiger partial charge on any atom is -0.267 e. The van der Waals surface area contributed by atoms with Crippen LogP contribution in [0.15, 0.2) is 45.3 Å². The van der Waals surface area contributed by atoms with E-state index in [1.54, 1.807) is 23.5 Å². The standard InChI is InChI=1S/C14H13BrN2OS/c1-9-5-6-11(8-12(9)15)14(18)17-16-10(2)13-4-3-7-19-13/h3-8H,1-2H3,(H,17,18). The molecule has 0 aliphatic heterocycles. The number of aryl methyl sites for hydroxylation is 1. The highest BCUT2D eigenvalue weighted by molar-refractivity contribution is 9.10. The minimum atomic E-state index is -0.211. The molecule has 19 heavy (non-hydrogen) atoms. The van der Waals surface area contributed by atoms with Crippen LogP contribution in [0.4, 0.5) is 0 Å². The van der Waals surface area contributed by atoms with Gasteiger partial charge in [-0.25, -0.2) is 5.43 Å². The summed E-state index contributed by atoms with van der Waals surface area (Å²) >= 11 is 5.01. The summed E-state index contributed by atoms with van der Waals surface area (Å²) in [7, 11) is 0. The van der Waals surface area contributed by atoms with Gasteiger partial charge in [0.05, 0.1) is 5.71 Å². The zero-order chi connectivity index (χ0) is 13.8. The highest BCUT2D eigenvalue weighted by atomic mass is 79.9. The van der Waals surface area contributed by atoms with Crippen molar-refractivity contribution in [2.75, 3.05) is 0 Å². The number of carbonyl (C=O) groups excluding carboxylic acids is 1. The number of hydrogen-bond donors (Lipinski definition) is 1. The van der Waals surface area contributed by atoms with Gasteiger partial charge in [-0.3, -0.25) is 4.79 Å². The molecule has 0 saturated heterocycles. The summed E-state index contributed by atoms with van der Waals surface area (Å²) in [6.07, 6.45) is 0. The van der Waals surface area contributed by atoms with Gasteiger partial charge in [-0.1, -0.05) is 28.1 Å². The van der Waals surface area contributed by atoms with E-state index in [1.165, 1.54) is 0 Å². The molecular formula is C14H13BrN2OS. The molecule has 0 atom stereocenters. The molecular weight excluding hydrogens is 324 g/mol. The van der Waals surface area contributed by atoms with Crippen molar-refractivity contribution in [3.63, 3.8) is 0 Å². The third kappa shape index (κ3) is 3.52. The van der Waals surface area contributed by atoms with Crippen LogP contribution >= 0.6 is 27.3 Å². The van der Waals surface area contributed by atoms with E-state index < -0.39 is 0 Å². The van der Waals surface area contributed by atoms with Gasteiger partial charge in [0.15, 0.2) is 0 Å². The van der Waals surface area contributed by atoms with Crippen molar-refractivity contribution in [3.8, 4) is 0 Å². The summed E-state index contributed by atoms with van der Waals surface area (Å²) in [6, 6.07) is 9.40. The molecule has 0 aliphatic rings. The molecule has 0 fully saturated rings. The van der Waals surface area contributed by atoms with Crippen LogP contribution < -0.4 is 5.43 Å². The van der Waals surface area contributed by atoms with Crippen molar-refractivity contribution >= 4 is 38.9 Å². The maximum absolute atomic E-state index is 11.9. The first-order chi connectivity index (χ1) is 9.08. The maximum Gasteiger partial charge on any atom is 0.271 e. The maximum atomic E-state index is 11.9. The van der Waals surface area contributed by atoms with Gasteiger partial charge in [0.2, 0.25) is 0 Å². The molecule has 3 nitrogen and oxygen atoms in total. The summed E-state index contributed by atoms with van der Waals surface area (Å²) in [5.41, 5.74) is 5.04. The predicted octanol–water partition coefficient (Wildman–Crippen LogP) is 3.97. The van der Waals surface area contributed by atoms with E-state index in [0.29, 0.717) is 5.56 Å². The molecule has 2 rings (SSSR count). The van der Waals surface area contributed by atoms with Gasteiger partial charge < -0.3 is 0 Å². The molecule has 1 N–H and O–H groups in total. The third-order valence-corrected chi connectivity index (χ3v) is 4.47. The summed E-state index contributed by atoms with van der Waals surface area (Å²) in [5.74, 6) is -0.211. The number of benzene rings is 1. The smallest absolute Gasteiger partial charge is 0.267 e. The lowest BCUT2D eigenvalue weighted by Crippen LogP contribution is -2.19. The van der Waals surface area contributed by atoms with E-state index >= 15 is 0 Å². The molecule has 0 radical (unpaired) electrons. The molecule has 0 saturated carbocycles. The molecule has 2 aromatic rings. The number of amides is 1. The number of halogens is 1. The lowest BCUT2D eigenvalue weighted by Gasteiger charge is -2.03. The molecule has 1 amide bonds. The number of nitrogens with zero attached hydrogens (tertiary/aromatic N) is 1. The highest BCUT2D eigenvalue weighted by Crippen LogP contribution is 2.17. The topological polar surface area (TPSA) is 41.5 Å². The van der Waals surface area contributed by atoms with Gasteiger partial charge >= 0.3 is 0 Å². The molecule has 0 spiro atoms. The number of rotatable bonds is 3. The van der Waals surface area contributed by atoms with Crippen molar-refractivity contribution in [3.05, 3.63) is 56.2 Å². The zero-order valence-electron chi connectivity index (χ0n) is 10.6. The Bertz CT molecular complexity index is 620. The van der Waals surface area contributed by atoms with Crippen molar-refractivity contribution in [2.45, 2.75) is 13.8 Å². The Morgan fingerprint density at radius 3 is 2.79 bits per heavy atom. The van der Waals surface area contributed by atoms with E-state index in [0.717, 1.165) is 20.6 Å².